The van der Waals surface area contributed by atoms with E-state index in [9.17, 15) is 4.79 Å². The van der Waals surface area contributed by atoms with Gasteiger partial charge in [0.15, 0.2) is 0 Å². The molecular formula is C20H15ClN4OS. The monoisotopic (exact) mass is 394 g/mol. The van der Waals surface area contributed by atoms with E-state index in [0.717, 1.165) is 27.5 Å². The number of hydrogen-bond acceptors (Lipinski definition) is 4. The number of fused-ring (bicyclic) bond motifs is 1. The second-order valence-corrected chi connectivity index (χ2v) is 7.20. The maximum absolute atomic E-state index is 12.2. The number of nitrogens with zero attached hydrogens (tertiary/aromatic N) is 3. The van der Waals surface area contributed by atoms with Crippen LogP contribution in [0.15, 0.2) is 78.1 Å². The molecule has 0 radical (unpaired) electrons. The standard InChI is InChI=1S/C20H15ClN4OS/c21-15-8-6-14(7-9-15)17-12-18-20(22-10-11-25(18)24-17)27-13-19(26)23-16-4-2-1-3-5-16/h1-12H,13H2,(H,23,26). The number of carbonyl (C=O) groups excluding carboxylic acids is 1. The van der Waals surface area contributed by atoms with Gasteiger partial charge in [-0.25, -0.2) is 9.50 Å². The molecule has 0 fully saturated rings. The molecule has 0 atom stereocenters. The van der Waals surface area contributed by atoms with Crippen LogP contribution in [-0.2, 0) is 4.79 Å². The van der Waals surface area contributed by atoms with Gasteiger partial charge < -0.3 is 5.32 Å². The van der Waals surface area contributed by atoms with Gasteiger partial charge in [0.25, 0.3) is 0 Å². The third-order valence-corrected chi connectivity index (χ3v) is 5.14. The van der Waals surface area contributed by atoms with E-state index in [-0.39, 0.29) is 11.7 Å². The van der Waals surface area contributed by atoms with Crippen molar-refractivity contribution in [3.8, 4) is 11.3 Å². The van der Waals surface area contributed by atoms with Crippen molar-refractivity contribution in [3.63, 3.8) is 0 Å². The highest BCUT2D eigenvalue weighted by Crippen LogP contribution is 2.26. The second kappa shape index (κ2) is 7.82. The zero-order valence-electron chi connectivity index (χ0n) is 14.2. The van der Waals surface area contributed by atoms with Crippen molar-refractivity contribution in [1.82, 2.24) is 14.6 Å². The van der Waals surface area contributed by atoms with Crippen LogP contribution >= 0.6 is 23.4 Å². The summed E-state index contributed by atoms with van der Waals surface area (Å²) in [4.78, 5) is 16.6. The summed E-state index contributed by atoms with van der Waals surface area (Å²) in [6.07, 6.45) is 3.48. The summed E-state index contributed by atoms with van der Waals surface area (Å²) in [7, 11) is 0. The Hall–Kier alpha value is -2.83. The molecule has 0 saturated carbocycles. The number of benzene rings is 2. The molecule has 134 valence electrons. The largest absolute Gasteiger partial charge is 0.325 e. The lowest BCUT2D eigenvalue weighted by Crippen LogP contribution is -2.14. The maximum Gasteiger partial charge on any atom is 0.234 e. The van der Waals surface area contributed by atoms with Crippen LogP contribution in [-0.4, -0.2) is 26.3 Å². The van der Waals surface area contributed by atoms with Gasteiger partial charge in [-0.1, -0.05) is 53.7 Å². The molecule has 4 aromatic rings. The minimum Gasteiger partial charge on any atom is -0.325 e. The van der Waals surface area contributed by atoms with Crippen molar-refractivity contribution in [3.05, 3.63) is 78.1 Å². The smallest absolute Gasteiger partial charge is 0.234 e. The molecule has 0 saturated heterocycles. The average molecular weight is 395 g/mol. The van der Waals surface area contributed by atoms with Gasteiger partial charge in [-0.2, -0.15) is 5.10 Å². The number of aromatic nitrogens is 3. The second-order valence-electron chi connectivity index (χ2n) is 5.80. The third kappa shape index (κ3) is 4.13. The van der Waals surface area contributed by atoms with Gasteiger partial charge in [0.1, 0.15) is 5.03 Å². The summed E-state index contributed by atoms with van der Waals surface area (Å²) in [6.45, 7) is 0. The Balaban J connectivity index is 1.52. The molecule has 1 amide bonds. The zero-order chi connectivity index (χ0) is 18.6. The first kappa shape index (κ1) is 17.6. The first-order chi connectivity index (χ1) is 13.2. The molecule has 5 nitrogen and oxygen atoms in total. The summed E-state index contributed by atoms with van der Waals surface area (Å²) in [5, 5.41) is 8.90. The van der Waals surface area contributed by atoms with E-state index >= 15 is 0 Å². The van der Waals surface area contributed by atoms with E-state index < -0.39 is 0 Å². The molecule has 2 heterocycles. The predicted octanol–water partition coefficient (Wildman–Crippen LogP) is 4.78. The van der Waals surface area contributed by atoms with Crippen molar-refractivity contribution in [2.45, 2.75) is 5.03 Å². The average Bonchev–Trinajstić information content (AvgIpc) is 3.12. The van der Waals surface area contributed by atoms with Gasteiger partial charge in [0.2, 0.25) is 5.91 Å². The number of anilines is 1. The Kier molecular flexibility index (Phi) is 5.09. The number of amides is 1. The zero-order valence-corrected chi connectivity index (χ0v) is 15.7. The quantitative estimate of drug-likeness (QED) is 0.495. The number of carbonyl (C=O) groups is 1. The van der Waals surface area contributed by atoms with Gasteiger partial charge in [-0.3, -0.25) is 4.79 Å². The Morgan fingerprint density at radius 3 is 2.67 bits per heavy atom. The molecule has 7 heteroatoms. The molecule has 0 aliphatic rings. The fourth-order valence-corrected chi connectivity index (χ4v) is 3.53. The van der Waals surface area contributed by atoms with Crippen molar-refractivity contribution in [2.75, 3.05) is 11.1 Å². The minimum absolute atomic E-state index is 0.0764. The Labute approximate surface area is 165 Å². The normalized spacial score (nSPS) is 10.9. The van der Waals surface area contributed by atoms with Crippen LogP contribution in [0.2, 0.25) is 5.02 Å². The van der Waals surface area contributed by atoms with Crippen molar-refractivity contribution in [2.24, 2.45) is 0 Å². The molecule has 1 N–H and O–H groups in total. The maximum atomic E-state index is 12.2. The molecule has 4 rings (SSSR count). The third-order valence-electron chi connectivity index (χ3n) is 3.89. The van der Waals surface area contributed by atoms with Crippen molar-refractivity contribution >= 4 is 40.5 Å². The van der Waals surface area contributed by atoms with Gasteiger partial charge in [0.05, 0.1) is 17.0 Å². The Morgan fingerprint density at radius 2 is 1.89 bits per heavy atom. The molecule has 0 aliphatic carbocycles. The molecule has 0 bridgehead atoms. The van der Waals surface area contributed by atoms with E-state index in [4.69, 9.17) is 11.6 Å². The molecular weight excluding hydrogens is 380 g/mol. The summed E-state index contributed by atoms with van der Waals surface area (Å²) in [6, 6.07) is 18.9. The molecule has 2 aromatic carbocycles. The minimum atomic E-state index is -0.0764. The summed E-state index contributed by atoms with van der Waals surface area (Å²) >= 11 is 7.34. The lowest BCUT2D eigenvalue weighted by molar-refractivity contribution is -0.113. The summed E-state index contributed by atoms with van der Waals surface area (Å²) in [5.41, 5.74) is 3.44. The van der Waals surface area contributed by atoms with Crippen LogP contribution < -0.4 is 5.32 Å². The number of thioether (sulfide) groups is 1. The number of nitrogens with one attached hydrogen (secondary N) is 1. The molecule has 0 unspecified atom stereocenters. The van der Waals surface area contributed by atoms with Crippen LogP contribution in [0.25, 0.3) is 16.8 Å². The Bertz CT molecular complexity index is 1080. The number of halogens is 1. The van der Waals surface area contributed by atoms with Crippen LogP contribution in [0.4, 0.5) is 5.69 Å². The SMILES string of the molecule is O=C(CSc1nccn2nc(-c3ccc(Cl)cc3)cc12)Nc1ccccc1. The summed E-state index contributed by atoms with van der Waals surface area (Å²) in [5.74, 6) is 0.190. The highest BCUT2D eigenvalue weighted by atomic mass is 35.5. The van der Waals surface area contributed by atoms with Gasteiger partial charge in [-0.05, 0) is 30.3 Å². The van der Waals surface area contributed by atoms with E-state index in [2.05, 4.69) is 15.4 Å². The predicted molar refractivity (Wildman–Crippen MR) is 109 cm³/mol. The number of hydrogen-bond donors (Lipinski definition) is 1. The fraction of sp³-hybridized carbons (Fsp3) is 0.0500. The molecule has 27 heavy (non-hydrogen) atoms. The van der Waals surface area contributed by atoms with Crippen LogP contribution in [0.5, 0.6) is 0 Å². The van der Waals surface area contributed by atoms with Gasteiger partial charge in [-0.15, -0.1) is 0 Å². The van der Waals surface area contributed by atoms with E-state index in [1.807, 2.05) is 60.7 Å². The highest BCUT2D eigenvalue weighted by Gasteiger charge is 2.11. The molecule has 0 aliphatic heterocycles. The van der Waals surface area contributed by atoms with Crippen LogP contribution in [0.1, 0.15) is 0 Å². The molecule has 0 spiro atoms. The fourth-order valence-electron chi connectivity index (χ4n) is 2.62. The van der Waals surface area contributed by atoms with E-state index in [1.165, 1.54) is 11.8 Å². The van der Waals surface area contributed by atoms with E-state index in [0.29, 0.717) is 5.02 Å². The Morgan fingerprint density at radius 1 is 1.11 bits per heavy atom. The first-order valence-electron chi connectivity index (χ1n) is 8.27. The van der Waals surface area contributed by atoms with Crippen molar-refractivity contribution in [1.29, 1.82) is 0 Å². The van der Waals surface area contributed by atoms with Crippen LogP contribution in [0, 0.1) is 0 Å². The topological polar surface area (TPSA) is 59.3 Å². The number of para-hydroxylation sites is 1. The number of rotatable bonds is 5. The van der Waals surface area contributed by atoms with Crippen LogP contribution in [0.3, 0.4) is 0 Å². The van der Waals surface area contributed by atoms with Crippen molar-refractivity contribution < 1.29 is 4.79 Å². The lowest BCUT2D eigenvalue weighted by atomic mass is 10.1. The first-order valence-corrected chi connectivity index (χ1v) is 9.63. The molecule has 2 aromatic heterocycles. The van der Waals surface area contributed by atoms with E-state index in [1.54, 1.807) is 16.9 Å². The highest BCUT2D eigenvalue weighted by molar-refractivity contribution is 8.00. The lowest BCUT2D eigenvalue weighted by Gasteiger charge is -2.05. The van der Waals surface area contributed by atoms with Gasteiger partial charge >= 0.3 is 0 Å². The van der Waals surface area contributed by atoms with Gasteiger partial charge in [0, 0.05) is 28.7 Å². The summed E-state index contributed by atoms with van der Waals surface area (Å²) < 4.78 is 1.77.